The van der Waals surface area contributed by atoms with E-state index in [4.69, 9.17) is 11.6 Å². The van der Waals surface area contributed by atoms with Crippen molar-refractivity contribution in [3.05, 3.63) is 70.3 Å². The zero-order chi connectivity index (χ0) is 15.9. The van der Waals surface area contributed by atoms with Crippen molar-refractivity contribution in [1.82, 2.24) is 0 Å². The van der Waals surface area contributed by atoms with E-state index in [9.17, 15) is 9.59 Å². The van der Waals surface area contributed by atoms with Crippen molar-refractivity contribution in [2.45, 2.75) is 13.8 Å². The summed E-state index contributed by atoms with van der Waals surface area (Å²) in [5, 5.41) is -0.0321. The molecule has 0 saturated heterocycles. The second-order valence-electron chi connectivity index (χ2n) is 5.35. The van der Waals surface area contributed by atoms with Gasteiger partial charge in [0.2, 0.25) is 0 Å². The topological polar surface area (TPSA) is 37.4 Å². The third-order valence-electron chi connectivity index (χ3n) is 3.55. The zero-order valence-corrected chi connectivity index (χ0v) is 13.0. The van der Waals surface area contributed by atoms with Gasteiger partial charge < -0.3 is 0 Å². The SMILES string of the molecule is Cc1cc(C)cc(N2C(=O)C(Cl)=C(c3ccccc3)C2=O)c1. The lowest BCUT2D eigenvalue weighted by Gasteiger charge is -2.16. The summed E-state index contributed by atoms with van der Waals surface area (Å²) in [5.74, 6) is -0.860. The highest BCUT2D eigenvalue weighted by molar-refractivity contribution is 6.60. The van der Waals surface area contributed by atoms with Gasteiger partial charge in [-0.1, -0.05) is 48.0 Å². The average molecular weight is 312 g/mol. The van der Waals surface area contributed by atoms with Gasteiger partial charge in [0.05, 0.1) is 11.3 Å². The predicted molar refractivity (Wildman–Crippen MR) is 87.6 cm³/mol. The first kappa shape index (κ1) is 14.5. The molecule has 1 heterocycles. The van der Waals surface area contributed by atoms with Gasteiger partial charge in [0.25, 0.3) is 11.8 Å². The van der Waals surface area contributed by atoms with Gasteiger partial charge in [0.15, 0.2) is 0 Å². The second kappa shape index (κ2) is 5.43. The minimum Gasteiger partial charge on any atom is -0.268 e. The van der Waals surface area contributed by atoms with Crippen LogP contribution in [0.3, 0.4) is 0 Å². The summed E-state index contributed by atoms with van der Waals surface area (Å²) in [7, 11) is 0. The molecule has 2 aromatic carbocycles. The van der Waals surface area contributed by atoms with Crippen LogP contribution in [0.4, 0.5) is 5.69 Å². The molecular formula is C18H14ClNO2. The van der Waals surface area contributed by atoms with Crippen molar-refractivity contribution in [2.75, 3.05) is 4.90 Å². The summed E-state index contributed by atoms with van der Waals surface area (Å²) in [5.41, 5.74) is 3.43. The van der Waals surface area contributed by atoms with Crippen LogP contribution in [0.5, 0.6) is 0 Å². The fraction of sp³-hybridized carbons (Fsp3) is 0.111. The van der Waals surface area contributed by atoms with Crippen LogP contribution in [-0.2, 0) is 9.59 Å². The molecule has 0 spiro atoms. The van der Waals surface area contributed by atoms with Gasteiger partial charge >= 0.3 is 0 Å². The molecule has 3 nitrogen and oxygen atoms in total. The monoisotopic (exact) mass is 311 g/mol. The second-order valence-corrected chi connectivity index (χ2v) is 5.72. The molecule has 1 aliphatic heterocycles. The van der Waals surface area contributed by atoms with E-state index in [2.05, 4.69) is 0 Å². The van der Waals surface area contributed by atoms with Crippen LogP contribution in [0.1, 0.15) is 16.7 Å². The Morgan fingerprint density at radius 3 is 2.05 bits per heavy atom. The van der Waals surface area contributed by atoms with E-state index >= 15 is 0 Å². The average Bonchev–Trinajstić information content (AvgIpc) is 2.69. The number of amides is 2. The van der Waals surface area contributed by atoms with Crippen LogP contribution >= 0.6 is 11.6 Å². The standard InChI is InChI=1S/C18H14ClNO2/c1-11-8-12(2)10-14(9-11)20-17(21)15(16(19)18(20)22)13-6-4-3-5-7-13/h3-10H,1-2H3. The molecule has 0 radical (unpaired) electrons. The number of carbonyl (C=O) groups excluding carboxylic acids is 2. The minimum atomic E-state index is -0.476. The van der Waals surface area contributed by atoms with Crippen molar-refractivity contribution >= 4 is 34.7 Å². The molecule has 0 fully saturated rings. The number of anilines is 1. The predicted octanol–water partition coefficient (Wildman–Crippen LogP) is 3.83. The van der Waals surface area contributed by atoms with Gasteiger partial charge in [-0.3, -0.25) is 9.59 Å². The van der Waals surface area contributed by atoms with Crippen LogP contribution in [0.15, 0.2) is 53.6 Å². The summed E-state index contributed by atoms with van der Waals surface area (Å²) in [6.45, 7) is 3.85. The maximum absolute atomic E-state index is 12.7. The number of hydrogen-bond donors (Lipinski definition) is 0. The van der Waals surface area contributed by atoms with Gasteiger partial charge in [-0.05, 0) is 42.7 Å². The number of benzene rings is 2. The molecular weight excluding hydrogens is 298 g/mol. The number of aryl methyl sites for hydroxylation is 2. The summed E-state index contributed by atoms with van der Waals surface area (Å²) < 4.78 is 0. The lowest BCUT2D eigenvalue weighted by Crippen LogP contribution is -2.31. The van der Waals surface area contributed by atoms with Crippen LogP contribution < -0.4 is 4.90 Å². The molecule has 1 aliphatic rings. The number of rotatable bonds is 2. The van der Waals surface area contributed by atoms with E-state index in [-0.39, 0.29) is 16.5 Å². The van der Waals surface area contributed by atoms with Crippen LogP contribution in [0.2, 0.25) is 0 Å². The highest BCUT2D eigenvalue weighted by atomic mass is 35.5. The Bertz CT molecular complexity index is 789. The molecule has 3 rings (SSSR count). The molecule has 110 valence electrons. The Morgan fingerprint density at radius 1 is 0.864 bits per heavy atom. The molecule has 4 heteroatoms. The van der Waals surface area contributed by atoms with E-state index in [0.717, 1.165) is 16.0 Å². The van der Waals surface area contributed by atoms with Gasteiger partial charge in [0, 0.05) is 0 Å². The first-order chi connectivity index (χ1) is 10.5. The van der Waals surface area contributed by atoms with Crippen molar-refractivity contribution in [2.24, 2.45) is 0 Å². The van der Waals surface area contributed by atoms with Gasteiger partial charge in [0.1, 0.15) is 5.03 Å². The number of nitrogens with zero attached hydrogens (tertiary/aromatic N) is 1. The largest absolute Gasteiger partial charge is 0.277 e. The lowest BCUT2D eigenvalue weighted by molar-refractivity contribution is -0.119. The summed E-state index contributed by atoms with van der Waals surface area (Å²) in [6, 6.07) is 14.6. The number of halogens is 1. The number of carbonyl (C=O) groups is 2. The zero-order valence-electron chi connectivity index (χ0n) is 12.3. The van der Waals surface area contributed by atoms with E-state index in [1.807, 2.05) is 38.1 Å². The third-order valence-corrected chi connectivity index (χ3v) is 3.91. The molecule has 22 heavy (non-hydrogen) atoms. The lowest BCUT2D eigenvalue weighted by atomic mass is 10.1. The molecule has 0 saturated carbocycles. The Kier molecular flexibility index (Phi) is 3.59. The molecule has 0 N–H and O–H groups in total. The Hall–Kier alpha value is -2.39. The van der Waals surface area contributed by atoms with Gasteiger partial charge in [-0.15, -0.1) is 0 Å². The maximum Gasteiger partial charge on any atom is 0.277 e. The van der Waals surface area contributed by atoms with E-state index < -0.39 is 5.91 Å². The number of imide groups is 1. The van der Waals surface area contributed by atoms with Crippen LogP contribution in [0, 0.1) is 13.8 Å². The molecule has 0 bridgehead atoms. The summed E-state index contributed by atoms with van der Waals surface area (Å²) >= 11 is 6.15. The minimum absolute atomic E-state index is 0.0321. The Labute approximate surface area is 133 Å². The van der Waals surface area contributed by atoms with Crippen molar-refractivity contribution in [3.8, 4) is 0 Å². The molecule has 2 aromatic rings. The van der Waals surface area contributed by atoms with E-state index in [1.54, 1.807) is 24.3 Å². The molecule has 0 aliphatic carbocycles. The first-order valence-electron chi connectivity index (χ1n) is 6.91. The highest BCUT2D eigenvalue weighted by Crippen LogP contribution is 2.35. The van der Waals surface area contributed by atoms with E-state index in [0.29, 0.717) is 11.3 Å². The van der Waals surface area contributed by atoms with Crippen molar-refractivity contribution in [1.29, 1.82) is 0 Å². The molecule has 0 atom stereocenters. The summed E-state index contributed by atoms with van der Waals surface area (Å²) in [6.07, 6.45) is 0. The van der Waals surface area contributed by atoms with E-state index in [1.165, 1.54) is 0 Å². The Balaban J connectivity index is 2.08. The number of hydrogen-bond acceptors (Lipinski definition) is 2. The van der Waals surface area contributed by atoms with Gasteiger partial charge in [-0.25, -0.2) is 4.90 Å². The smallest absolute Gasteiger partial charge is 0.268 e. The van der Waals surface area contributed by atoms with Gasteiger partial charge in [-0.2, -0.15) is 0 Å². The van der Waals surface area contributed by atoms with Crippen molar-refractivity contribution < 1.29 is 9.59 Å². The Morgan fingerprint density at radius 2 is 1.45 bits per heavy atom. The molecule has 0 unspecified atom stereocenters. The molecule has 0 aromatic heterocycles. The van der Waals surface area contributed by atoms with Crippen LogP contribution in [0.25, 0.3) is 5.57 Å². The normalized spacial score (nSPS) is 15.0. The summed E-state index contributed by atoms with van der Waals surface area (Å²) in [4.78, 5) is 26.3. The molecule has 2 amide bonds. The van der Waals surface area contributed by atoms with Crippen LogP contribution in [-0.4, -0.2) is 11.8 Å². The quantitative estimate of drug-likeness (QED) is 0.791. The fourth-order valence-electron chi connectivity index (χ4n) is 2.67. The van der Waals surface area contributed by atoms with Crippen molar-refractivity contribution in [3.63, 3.8) is 0 Å². The third kappa shape index (κ3) is 2.34. The fourth-order valence-corrected chi connectivity index (χ4v) is 2.95. The maximum atomic E-state index is 12.7. The highest BCUT2D eigenvalue weighted by Gasteiger charge is 2.39. The first-order valence-corrected chi connectivity index (χ1v) is 7.29.